The minimum atomic E-state index is -3.27. The van der Waals surface area contributed by atoms with Crippen LogP contribution < -0.4 is 4.74 Å². The van der Waals surface area contributed by atoms with Crippen LogP contribution in [0, 0.1) is 0 Å². The van der Waals surface area contributed by atoms with E-state index in [2.05, 4.69) is 41.1 Å². The molecule has 1 atom stereocenters. The third kappa shape index (κ3) is 6.02. The molecule has 0 saturated carbocycles. The minimum Gasteiger partial charge on any atom is -0.473 e. The Balaban J connectivity index is 1.55. The van der Waals surface area contributed by atoms with Crippen molar-refractivity contribution >= 4 is 21.1 Å². The summed E-state index contributed by atoms with van der Waals surface area (Å²) in [5, 5.41) is 0. The molecule has 1 saturated heterocycles. The summed E-state index contributed by atoms with van der Waals surface area (Å²) < 4.78 is 36.9. The average molecular weight is 472 g/mol. The van der Waals surface area contributed by atoms with Crippen molar-refractivity contribution in [2.24, 2.45) is 0 Å². The van der Waals surface area contributed by atoms with E-state index in [0.717, 1.165) is 24.2 Å². The van der Waals surface area contributed by atoms with Crippen LogP contribution in [0.1, 0.15) is 5.56 Å². The highest BCUT2D eigenvalue weighted by Gasteiger charge is 2.27. The number of fused-ring (bicyclic) bond motifs is 1. The van der Waals surface area contributed by atoms with E-state index >= 15 is 0 Å². The van der Waals surface area contributed by atoms with Gasteiger partial charge in [0.2, 0.25) is 15.9 Å². The van der Waals surface area contributed by atoms with Crippen LogP contribution in [0.15, 0.2) is 42.7 Å². The molecule has 0 bridgehead atoms. The lowest BCUT2D eigenvalue weighted by Gasteiger charge is -2.30. The molecule has 2 aromatic heterocycles. The van der Waals surface area contributed by atoms with Crippen LogP contribution in [0.5, 0.6) is 5.88 Å². The second-order valence-electron chi connectivity index (χ2n) is 8.41. The summed E-state index contributed by atoms with van der Waals surface area (Å²) in [4.78, 5) is 15.7. The number of ether oxygens (including phenoxy) is 2. The highest BCUT2D eigenvalue weighted by Crippen LogP contribution is 2.27. The van der Waals surface area contributed by atoms with Crippen LogP contribution in [-0.4, -0.2) is 91.9 Å². The quantitative estimate of drug-likeness (QED) is 0.491. The van der Waals surface area contributed by atoms with Crippen molar-refractivity contribution in [1.29, 1.82) is 0 Å². The smallest absolute Gasteiger partial charge is 0.242 e. The molecule has 0 unspecified atom stereocenters. The van der Waals surface area contributed by atoms with Crippen molar-refractivity contribution in [2.45, 2.75) is 12.5 Å². The van der Waals surface area contributed by atoms with Gasteiger partial charge >= 0.3 is 0 Å². The fraction of sp³-hybridized carbons (Fsp3) is 0.435. The third-order valence-corrected chi connectivity index (χ3v) is 6.77. The van der Waals surface area contributed by atoms with Crippen LogP contribution in [0.4, 0.5) is 0 Å². The number of benzene rings is 1. The van der Waals surface area contributed by atoms with E-state index in [1.54, 1.807) is 12.4 Å². The molecular weight excluding hydrogens is 442 g/mol. The molecule has 176 valence electrons. The summed E-state index contributed by atoms with van der Waals surface area (Å²) in [7, 11) is 0.850. The number of rotatable bonds is 8. The molecule has 0 spiro atoms. The Morgan fingerprint density at radius 1 is 1.18 bits per heavy atom. The summed E-state index contributed by atoms with van der Waals surface area (Å²) in [6.07, 6.45) is 5.02. The van der Waals surface area contributed by atoms with Crippen LogP contribution in [-0.2, 0) is 21.2 Å². The molecule has 0 N–H and O–H groups in total. The van der Waals surface area contributed by atoms with Gasteiger partial charge in [0.15, 0.2) is 5.52 Å². The fourth-order valence-corrected chi connectivity index (χ4v) is 4.50. The van der Waals surface area contributed by atoms with Crippen molar-refractivity contribution in [3.05, 3.63) is 48.3 Å². The number of likely N-dealkylation sites (N-methyl/N-ethyl adjacent to an activating group) is 1. The summed E-state index contributed by atoms with van der Waals surface area (Å²) >= 11 is 0. The highest BCUT2D eigenvalue weighted by molar-refractivity contribution is 7.88. The average Bonchev–Trinajstić information content (AvgIpc) is 2.81. The van der Waals surface area contributed by atoms with Gasteiger partial charge < -0.3 is 14.4 Å². The van der Waals surface area contributed by atoms with Crippen molar-refractivity contribution in [3.63, 3.8) is 0 Å². The third-order valence-electron chi connectivity index (χ3n) is 5.50. The summed E-state index contributed by atoms with van der Waals surface area (Å²) in [5.41, 5.74) is 4.18. The van der Waals surface area contributed by atoms with Gasteiger partial charge in [-0.1, -0.05) is 24.3 Å². The van der Waals surface area contributed by atoms with Gasteiger partial charge in [0.05, 0.1) is 24.1 Å². The van der Waals surface area contributed by atoms with E-state index in [-0.39, 0.29) is 19.3 Å². The molecule has 10 heteroatoms. The van der Waals surface area contributed by atoms with Gasteiger partial charge in [0.1, 0.15) is 12.7 Å². The van der Waals surface area contributed by atoms with Gasteiger partial charge in [-0.15, -0.1) is 0 Å². The van der Waals surface area contributed by atoms with E-state index in [4.69, 9.17) is 14.5 Å². The first-order valence-corrected chi connectivity index (χ1v) is 12.7. The molecule has 3 aromatic rings. The van der Waals surface area contributed by atoms with Gasteiger partial charge in [-0.05, 0) is 32.1 Å². The largest absolute Gasteiger partial charge is 0.473 e. The minimum absolute atomic E-state index is 0.164. The van der Waals surface area contributed by atoms with Gasteiger partial charge in [-0.2, -0.15) is 4.31 Å². The highest BCUT2D eigenvalue weighted by atomic mass is 32.2. The molecule has 1 aromatic carbocycles. The van der Waals surface area contributed by atoms with E-state index in [1.807, 2.05) is 18.2 Å². The predicted octanol–water partition coefficient (Wildman–Crippen LogP) is 1.84. The molecule has 33 heavy (non-hydrogen) atoms. The molecule has 1 aliphatic heterocycles. The zero-order chi connectivity index (χ0) is 23.4. The van der Waals surface area contributed by atoms with Crippen LogP contribution in [0.25, 0.3) is 22.3 Å². The molecule has 1 fully saturated rings. The molecular formula is C23H29N5O4S. The second-order valence-corrected chi connectivity index (χ2v) is 10.4. The Morgan fingerprint density at radius 2 is 1.94 bits per heavy atom. The zero-order valence-electron chi connectivity index (χ0n) is 19.1. The standard InChI is InChI=1S/C23H29N5O4S/c1-27(2)11-8-17-4-6-18(7-5-17)20-14-21-22(25-10-9-24-21)23(26-20)32-16-19-15-28(12-13-31-19)33(3,29)30/h4-7,9-10,14,19H,8,11-13,15-16H2,1-3H3/t19-/m0/s1. The predicted molar refractivity (Wildman–Crippen MR) is 127 cm³/mol. The molecule has 0 radical (unpaired) electrons. The first-order valence-electron chi connectivity index (χ1n) is 10.8. The van der Waals surface area contributed by atoms with Crippen LogP contribution in [0.2, 0.25) is 0 Å². The first-order chi connectivity index (χ1) is 15.8. The van der Waals surface area contributed by atoms with Gasteiger partial charge in [0, 0.05) is 37.6 Å². The molecule has 1 aliphatic rings. The lowest BCUT2D eigenvalue weighted by Crippen LogP contribution is -2.47. The Hall–Kier alpha value is -2.66. The maximum Gasteiger partial charge on any atom is 0.242 e. The van der Waals surface area contributed by atoms with Crippen molar-refractivity contribution in [1.82, 2.24) is 24.2 Å². The Labute approximate surface area is 194 Å². The monoisotopic (exact) mass is 471 g/mol. The first kappa shape index (κ1) is 23.5. The SMILES string of the molecule is CN(C)CCc1ccc(-c2cc3nccnc3c(OC[C@@H]3CN(S(C)(=O)=O)CCO3)n2)cc1. The molecule has 4 rings (SSSR count). The molecule has 0 amide bonds. The molecule has 9 nitrogen and oxygen atoms in total. The number of sulfonamides is 1. The van der Waals surface area contributed by atoms with E-state index in [9.17, 15) is 8.42 Å². The Morgan fingerprint density at radius 3 is 2.67 bits per heavy atom. The van der Waals surface area contributed by atoms with Gasteiger partial charge in [0.25, 0.3) is 0 Å². The Bertz CT molecular complexity index is 1200. The number of pyridine rings is 1. The topological polar surface area (TPSA) is 97.8 Å². The number of hydrogen-bond donors (Lipinski definition) is 0. The lowest BCUT2D eigenvalue weighted by molar-refractivity contribution is -0.0252. The van der Waals surface area contributed by atoms with E-state index in [1.165, 1.54) is 16.1 Å². The number of aromatic nitrogens is 3. The summed E-state index contributed by atoms with van der Waals surface area (Å²) in [6, 6.07) is 10.2. The van der Waals surface area contributed by atoms with Crippen LogP contribution in [0.3, 0.4) is 0 Å². The molecule has 3 heterocycles. The number of morpholine rings is 1. The van der Waals surface area contributed by atoms with Gasteiger partial charge in [-0.3, -0.25) is 4.98 Å². The van der Waals surface area contributed by atoms with E-state index < -0.39 is 10.0 Å². The lowest BCUT2D eigenvalue weighted by atomic mass is 10.1. The normalized spacial score (nSPS) is 17.5. The van der Waals surface area contributed by atoms with Crippen molar-refractivity contribution in [2.75, 3.05) is 53.2 Å². The van der Waals surface area contributed by atoms with Crippen LogP contribution >= 0.6 is 0 Å². The number of nitrogens with zero attached hydrogens (tertiary/aromatic N) is 5. The maximum absolute atomic E-state index is 11.9. The fourth-order valence-electron chi connectivity index (χ4n) is 3.65. The number of hydrogen-bond acceptors (Lipinski definition) is 8. The zero-order valence-corrected chi connectivity index (χ0v) is 20.0. The van der Waals surface area contributed by atoms with Crippen molar-refractivity contribution < 1.29 is 17.9 Å². The maximum atomic E-state index is 11.9. The van der Waals surface area contributed by atoms with Gasteiger partial charge in [-0.25, -0.2) is 18.4 Å². The summed E-state index contributed by atoms with van der Waals surface area (Å²) in [6.45, 7) is 2.08. The Kier molecular flexibility index (Phi) is 7.18. The van der Waals surface area contributed by atoms with E-state index in [0.29, 0.717) is 30.1 Å². The second kappa shape index (κ2) is 10.1. The summed E-state index contributed by atoms with van der Waals surface area (Å²) in [5.74, 6) is 0.354. The molecule has 0 aliphatic carbocycles. The van der Waals surface area contributed by atoms with Crippen molar-refractivity contribution in [3.8, 4) is 17.1 Å².